The van der Waals surface area contributed by atoms with Crippen molar-refractivity contribution < 1.29 is 9.59 Å². The van der Waals surface area contributed by atoms with E-state index in [0.717, 1.165) is 22.9 Å². The van der Waals surface area contributed by atoms with E-state index in [0.29, 0.717) is 18.1 Å². The Morgan fingerprint density at radius 2 is 2.19 bits per heavy atom. The molecule has 1 aliphatic heterocycles. The fourth-order valence-corrected chi connectivity index (χ4v) is 4.14. The lowest BCUT2D eigenvalue weighted by molar-refractivity contribution is -0.137. The molecule has 1 saturated heterocycles. The number of nitrogens with one attached hydrogen (secondary N) is 1. The van der Waals surface area contributed by atoms with Gasteiger partial charge in [-0.05, 0) is 31.4 Å². The molecular formula is C19H20N4O2S. The van der Waals surface area contributed by atoms with Crippen LogP contribution in [0.2, 0.25) is 0 Å². The molecule has 0 spiro atoms. The van der Waals surface area contributed by atoms with Gasteiger partial charge in [-0.15, -0.1) is 11.3 Å². The van der Waals surface area contributed by atoms with Crippen LogP contribution in [0.1, 0.15) is 18.4 Å². The molecule has 3 heterocycles. The fourth-order valence-electron chi connectivity index (χ4n) is 3.61. The van der Waals surface area contributed by atoms with Crippen molar-refractivity contribution in [3.05, 3.63) is 47.6 Å². The second-order valence-corrected chi connectivity index (χ2v) is 7.42. The van der Waals surface area contributed by atoms with Gasteiger partial charge in [-0.1, -0.05) is 18.2 Å². The molecule has 1 fully saturated rings. The lowest BCUT2D eigenvalue weighted by Gasteiger charge is -2.24. The number of hydrogen-bond donors (Lipinski definition) is 1. The van der Waals surface area contributed by atoms with E-state index in [1.807, 2.05) is 41.3 Å². The number of fused-ring (bicyclic) bond motifs is 1. The quantitative estimate of drug-likeness (QED) is 0.770. The second kappa shape index (κ2) is 6.92. The molecule has 0 bridgehead atoms. The third-order valence-electron chi connectivity index (χ3n) is 4.83. The highest BCUT2D eigenvalue weighted by Crippen LogP contribution is 2.23. The zero-order chi connectivity index (χ0) is 18.1. The first kappa shape index (κ1) is 16.8. The number of benzene rings is 1. The SMILES string of the molecule is Cc1cn(CC(=O)N2CCCC2C(=O)Nc2nccs2)c2ccccc12. The number of rotatable bonds is 4. The van der Waals surface area contributed by atoms with Crippen LogP contribution in [0.15, 0.2) is 42.0 Å². The molecule has 6 nitrogen and oxygen atoms in total. The maximum Gasteiger partial charge on any atom is 0.248 e. The molecule has 134 valence electrons. The molecule has 0 radical (unpaired) electrons. The van der Waals surface area contributed by atoms with Gasteiger partial charge in [0.2, 0.25) is 11.8 Å². The van der Waals surface area contributed by atoms with Gasteiger partial charge in [-0.25, -0.2) is 4.98 Å². The number of carbonyl (C=O) groups excluding carboxylic acids is 2. The standard InChI is InChI=1S/C19H20N4O2S/c1-13-11-22(15-6-3-2-5-14(13)15)12-17(24)23-9-4-7-16(23)18(25)21-19-20-8-10-26-19/h2-3,5-6,8,10-11,16H,4,7,9,12H2,1H3,(H,20,21,25). The third-order valence-corrected chi connectivity index (χ3v) is 5.52. The summed E-state index contributed by atoms with van der Waals surface area (Å²) in [5.41, 5.74) is 2.19. The van der Waals surface area contributed by atoms with E-state index in [2.05, 4.69) is 16.4 Å². The predicted molar refractivity (Wildman–Crippen MR) is 102 cm³/mol. The van der Waals surface area contributed by atoms with E-state index < -0.39 is 6.04 Å². The number of aryl methyl sites for hydroxylation is 1. The van der Waals surface area contributed by atoms with Crippen molar-refractivity contribution in [2.24, 2.45) is 0 Å². The van der Waals surface area contributed by atoms with Crippen LogP contribution in [0, 0.1) is 6.92 Å². The number of para-hydroxylation sites is 1. The molecule has 1 atom stereocenters. The van der Waals surface area contributed by atoms with Crippen LogP contribution in [0.3, 0.4) is 0 Å². The summed E-state index contributed by atoms with van der Waals surface area (Å²) in [4.78, 5) is 31.2. The summed E-state index contributed by atoms with van der Waals surface area (Å²) in [5, 5.41) is 6.35. The minimum absolute atomic E-state index is 0.0254. The molecule has 1 unspecified atom stereocenters. The van der Waals surface area contributed by atoms with Gasteiger partial charge in [0.25, 0.3) is 0 Å². The van der Waals surface area contributed by atoms with Crippen molar-refractivity contribution in [3.8, 4) is 0 Å². The summed E-state index contributed by atoms with van der Waals surface area (Å²) in [6.07, 6.45) is 5.18. The van der Waals surface area contributed by atoms with E-state index >= 15 is 0 Å². The van der Waals surface area contributed by atoms with Gasteiger partial charge in [0.1, 0.15) is 12.6 Å². The first-order valence-corrected chi connectivity index (χ1v) is 9.56. The van der Waals surface area contributed by atoms with E-state index in [1.54, 1.807) is 11.1 Å². The van der Waals surface area contributed by atoms with Gasteiger partial charge in [-0.3, -0.25) is 9.59 Å². The first-order chi connectivity index (χ1) is 12.6. The zero-order valence-corrected chi connectivity index (χ0v) is 15.3. The lowest BCUT2D eigenvalue weighted by atomic mass is 10.2. The average molecular weight is 368 g/mol. The molecule has 1 aromatic carbocycles. The Morgan fingerprint density at radius 1 is 1.35 bits per heavy atom. The monoisotopic (exact) mass is 368 g/mol. The van der Waals surface area contributed by atoms with Crippen molar-refractivity contribution >= 4 is 39.2 Å². The fraction of sp³-hybridized carbons (Fsp3) is 0.316. The molecule has 0 aliphatic carbocycles. The summed E-state index contributed by atoms with van der Waals surface area (Å²) in [6, 6.07) is 7.64. The zero-order valence-electron chi connectivity index (χ0n) is 14.5. The van der Waals surface area contributed by atoms with Crippen molar-refractivity contribution in [2.45, 2.75) is 32.4 Å². The van der Waals surface area contributed by atoms with Crippen LogP contribution in [-0.2, 0) is 16.1 Å². The molecule has 3 aromatic rings. The van der Waals surface area contributed by atoms with E-state index in [9.17, 15) is 9.59 Å². The summed E-state index contributed by atoms with van der Waals surface area (Å²) in [5.74, 6) is -0.179. The van der Waals surface area contributed by atoms with Gasteiger partial charge < -0.3 is 14.8 Å². The molecule has 0 saturated carbocycles. The summed E-state index contributed by atoms with van der Waals surface area (Å²) in [6.45, 7) is 2.91. The molecule has 26 heavy (non-hydrogen) atoms. The van der Waals surface area contributed by atoms with Crippen LogP contribution in [0.5, 0.6) is 0 Å². The maximum atomic E-state index is 12.9. The molecule has 7 heteroatoms. The maximum absolute atomic E-state index is 12.9. The summed E-state index contributed by atoms with van der Waals surface area (Å²) >= 11 is 1.38. The summed E-state index contributed by atoms with van der Waals surface area (Å²) in [7, 11) is 0. The van der Waals surface area contributed by atoms with Crippen LogP contribution >= 0.6 is 11.3 Å². The first-order valence-electron chi connectivity index (χ1n) is 8.68. The van der Waals surface area contributed by atoms with Crippen LogP contribution in [-0.4, -0.2) is 38.9 Å². The number of thiazole rings is 1. The highest BCUT2D eigenvalue weighted by atomic mass is 32.1. The van der Waals surface area contributed by atoms with Gasteiger partial charge in [0.15, 0.2) is 5.13 Å². The third kappa shape index (κ3) is 3.10. The largest absolute Gasteiger partial charge is 0.338 e. The highest BCUT2D eigenvalue weighted by Gasteiger charge is 2.34. The van der Waals surface area contributed by atoms with Gasteiger partial charge in [-0.2, -0.15) is 0 Å². The normalized spacial score (nSPS) is 17.0. The van der Waals surface area contributed by atoms with E-state index in [4.69, 9.17) is 0 Å². The molecule has 4 rings (SSSR count). The molecule has 1 N–H and O–H groups in total. The predicted octanol–water partition coefficient (Wildman–Crippen LogP) is 3.04. The van der Waals surface area contributed by atoms with Crippen LogP contribution in [0.4, 0.5) is 5.13 Å². The van der Waals surface area contributed by atoms with Gasteiger partial charge >= 0.3 is 0 Å². The Balaban J connectivity index is 1.50. The number of anilines is 1. The van der Waals surface area contributed by atoms with Crippen LogP contribution < -0.4 is 5.32 Å². The van der Waals surface area contributed by atoms with Crippen molar-refractivity contribution in [2.75, 3.05) is 11.9 Å². The lowest BCUT2D eigenvalue weighted by Crippen LogP contribution is -2.44. The number of hydrogen-bond acceptors (Lipinski definition) is 4. The van der Waals surface area contributed by atoms with Gasteiger partial charge in [0, 0.05) is 35.2 Å². The number of likely N-dealkylation sites (tertiary alicyclic amines) is 1. The van der Waals surface area contributed by atoms with Crippen molar-refractivity contribution in [1.82, 2.24) is 14.5 Å². The Labute approximate surface area is 155 Å². The molecule has 2 aromatic heterocycles. The van der Waals surface area contributed by atoms with Crippen molar-refractivity contribution in [1.29, 1.82) is 0 Å². The highest BCUT2D eigenvalue weighted by molar-refractivity contribution is 7.13. The molecule has 1 aliphatic rings. The number of amides is 2. The number of nitrogens with zero attached hydrogens (tertiary/aromatic N) is 3. The smallest absolute Gasteiger partial charge is 0.248 e. The molecule has 2 amide bonds. The van der Waals surface area contributed by atoms with E-state index in [1.165, 1.54) is 11.3 Å². The Kier molecular flexibility index (Phi) is 4.46. The Hall–Kier alpha value is -2.67. The Bertz CT molecular complexity index is 948. The minimum atomic E-state index is -0.422. The number of aromatic nitrogens is 2. The van der Waals surface area contributed by atoms with Crippen molar-refractivity contribution in [3.63, 3.8) is 0 Å². The van der Waals surface area contributed by atoms with Crippen LogP contribution in [0.25, 0.3) is 10.9 Å². The number of carbonyl (C=O) groups is 2. The van der Waals surface area contributed by atoms with Gasteiger partial charge in [0.05, 0.1) is 0 Å². The average Bonchev–Trinajstić information content (AvgIpc) is 3.36. The Morgan fingerprint density at radius 3 is 3.00 bits per heavy atom. The summed E-state index contributed by atoms with van der Waals surface area (Å²) < 4.78 is 1.97. The minimum Gasteiger partial charge on any atom is -0.338 e. The van der Waals surface area contributed by atoms with E-state index in [-0.39, 0.29) is 18.4 Å². The molecular weight excluding hydrogens is 348 g/mol. The topological polar surface area (TPSA) is 67.2 Å². The second-order valence-electron chi connectivity index (χ2n) is 6.53.